The zero-order valence-electron chi connectivity index (χ0n) is 8.73. The normalized spacial score (nSPS) is 26.1. The molecule has 5 heteroatoms. The van der Waals surface area contributed by atoms with E-state index in [1.165, 1.54) is 18.9 Å². The van der Waals surface area contributed by atoms with E-state index in [1.54, 1.807) is 0 Å². The third-order valence-electron chi connectivity index (χ3n) is 2.28. The van der Waals surface area contributed by atoms with Crippen molar-refractivity contribution in [3.8, 4) is 0 Å². The minimum absolute atomic E-state index is 0.0350. The topological polar surface area (TPSA) is 83.8 Å². The van der Waals surface area contributed by atoms with Gasteiger partial charge in [-0.05, 0) is 12.5 Å². The number of aliphatic hydroxyl groups excluding tert-OH is 1. The number of ketones is 1. The summed E-state index contributed by atoms with van der Waals surface area (Å²) >= 11 is 0. The lowest BCUT2D eigenvalue weighted by Crippen LogP contribution is -2.51. The Labute approximate surface area is 87.9 Å². The predicted molar refractivity (Wildman–Crippen MR) is 51.5 cm³/mol. The number of hydrogen-bond acceptors (Lipinski definition) is 5. The maximum absolute atomic E-state index is 11.7. The van der Waals surface area contributed by atoms with Gasteiger partial charge < -0.3 is 20.2 Å². The van der Waals surface area contributed by atoms with Gasteiger partial charge in [-0.1, -0.05) is 6.08 Å². The van der Waals surface area contributed by atoms with E-state index >= 15 is 0 Å². The molecular formula is C10H14NO4-. The van der Waals surface area contributed by atoms with Crippen LogP contribution in [-0.2, 0) is 4.79 Å². The van der Waals surface area contributed by atoms with Crippen molar-refractivity contribution in [2.75, 3.05) is 20.2 Å². The Kier molecular flexibility index (Phi) is 3.28. The summed E-state index contributed by atoms with van der Waals surface area (Å²) in [6, 6.07) is 0. The van der Waals surface area contributed by atoms with Crippen molar-refractivity contribution in [3.05, 3.63) is 23.4 Å². The highest BCUT2D eigenvalue weighted by molar-refractivity contribution is 6.05. The lowest BCUT2D eigenvalue weighted by molar-refractivity contribution is -0.515. The molecule has 1 aliphatic rings. The van der Waals surface area contributed by atoms with E-state index in [1.807, 2.05) is 0 Å². The minimum Gasteiger partial charge on any atom is -0.821 e. The van der Waals surface area contributed by atoms with Crippen LogP contribution in [0.3, 0.4) is 0 Å². The summed E-state index contributed by atoms with van der Waals surface area (Å²) in [6.07, 6.45) is 2.09. The maximum atomic E-state index is 11.7. The third kappa shape index (κ3) is 2.44. The molecule has 84 valence electrons. The highest BCUT2D eigenvalue weighted by Gasteiger charge is 2.25. The van der Waals surface area contributed by atoms with Gasteiger partial charge in [0.1, 0.15) is 0 Å². The van der Waals surface area contributed by atoms with Gasteiger partial charge >= 0.3 is 0 Å². The van der Waals surface area contributed by atoms with E-state index < -0.39 is 5.79 Å². The second-order valence-electron chi connectivity index (χ2n) is 3.56. The number of rotatable bonds is 3. The van der Waals surface area contributed by atoms with Crippen LogP contribution in [0.2, 0.25) is 0 Å². The molecule has 0 amide bonds. The first kappa shape index (κ1) is 11.9. The molecule has 2 N–H and O–H groups in total. The lowest BCUT2D eigenvalue weighted by atomic mass is 9.98. The Balaban J connectivity index is 2.98. The summed E-state index contributed by atoms with van der Waals surface area (Å²) in [5.41, 5.74) is 0.195. The minimum atomic E-state index is -2.39. The highest BCUT2D eigenvalue weighted by atomic mass is 16.5. The summed E-state index contributed by atoms with van der Waals surface area (Å²) in [5.74, 6) is -2.68. The van der Waals surface area contributed by atoms with Crippen LogP contribution in [0.25, 0.3) is 0 Å². The number of aliphatic hydroxyl groups is 2. The fourth-order valence-corrected chi connectivity index (χ4v) is 1.43. The van der Waals surface area contributed by atoms with Crippen molar-refractivity contribution in [2.24, 2.45) is 0 Å². The molecule has 0 aliphatic heterocycles. The van der Waals surface area contributed by atoms with Gasteiger partial charge in [0, 0.05) is 25.4 Å². The van der Waals surface area contributed by atoms with Crippen LogP contribution in [0, 0.1) is 0 Å². The fourth-order valence-electron chi connectivity index (χ4n) is 1.43. The second kappa shape index (κ2) is 4.14. The number of carbonyl (C=O) groups excluding carboxylic acids is 1. The van der Waals surface area contributed by atoms with Gasteiger partial charge in [-0.15, -0.1) is 0 Å². The molecular weight excluding hydrogens is 198 g/mol. The Hall–Kier alpha value is -1.17. The smallest absolute Gasteiger partial charge is 0.183 e. The molecule has 1 aliphatic carbocycles. The van der Waals surface area contributed by atoms with Gasteiger partial charge in [-0.3, -0.25) is 4.79 Å². The van der Waals surface area contributed by atoms with Crippen LogP contribution in [-0.4, -0.2) is 46.9 Å². The number of hydrogen-bond donors (Lipinski definition) is 2. The summed E-state index contributed by atoms with van der Waals surface area (Å²) in [6.45, 7) is 1.52. The van der Waals surface area contributed by atoms with E-state index in [2.05, 4.69) is 0 Å². The summed E-state index contributed by atoms with van der Waals surface area (Å²) in [5, 5.41) is 29.9. The molecule has 0 heterocycles. The van der Waals surface area contributed by atoms with Gasteiger partial charge in [-0.25, -0.2) is 0 Å². The molecule has 5 nitrogen and oxygen atoms in total. The summed E-state index contributed by atoms with van der Waals surface area (Å²) < 4.78 is 0. The largest absolute Gasteiger partial charge is 0.821 e. The van der Waals surface area contributed by atoms with Gasteiger partial charge in [0.25, 0.3) is 0 Å². The molecule has 1 atom stereocenters. The van der Waals surface area contributed by atoms with Crippen molar-refractivity contribution >= 4 is 5.78 Å². The molecule has 1 unspecified atom stereocenters. The molecule has 0 aromatic rings. The van der Waals surface area contributed by atoms with Crippen LogP contribution in [0.4, 0.5) is 0 Å². The zero-order valence-corrected chi connectivity index (χ0v) is 8.73. The molecule has 0 saturated heterocycles. The number of nitrogens with zero attached hydrogens (tertiary/aromatic N) is 1. The quantitative estimate of drug-likeness (QED) is 0.549. The van der Waals surface area contributed by atoms with Crippen LogP contribution in [0.15, 0.2) is 23.4 Å². The van der Waals surface area contributed by atoms with Crippen molar-refractivity contribution in [1.29, 1.82) is 0 Å². The molecule has 0 radical (unpaired) electrons. The number of allylic oxidation sites excluding steroid dienone is 2. The molecule has 0 saturated carbocycles. The van der Waals surface area contributed by atoms with Crippen LogP contribution in [0.5, 0.6) is 0 Å². The fraction of sp³-hybridized carbons (Fsp3) is 0.500. The Morgan fingerprint density at radius 2 is 2.20 bits per heavy atom. The van der Waals surface area contributed by atoms with E-state index in [0.29, 0.717) is 0 Å². The van der Waals surface area contributed by atoms with Gasteiger partial charge in [0.2, 0.25) is 0 Å². The summed E-state index contributed by atoms with van der Waals surface area (Å²) in [4.78, 5) is 12.7. The van der Waals surface area contributed by atoms with Crippen molar-refractivity contribution in [3.63, 3.8) is 0 Å². The standard InChI is InChI=1S/C10H14NO4/c1-7-6-10(14,15)9(5-8(7)13)11(2)3-4-12/h5-6,12,14H,3-4H2,1-2H3/q-1. The van der Waals surface area contributed by atoms with Crippen LogP contribution in [0.1, 0.15) is 6.92 Å². The molecule has 0 aromatic heterocycles. The van der Waals surface area contributed by atoms with Crippen LogP contribution >= 0.6 is 0 Å². The average Bonchev–Trinajstić information content (AvgIpc) is 2.11. The monoisotopic (exact) mass is 212 g/mol. The van der Waals surface area contributed by atoms with E-state index in [9.17, 15) is 15.0 Å². The first-order valence-corrected chi connectivity index (χ1v) is 4.59. The highest BCUT2D eigenvalue weighted by Crippen LogP contribution is 2.22. The van der Waals surface area contributed by atoms with Crippen molar-refractivity contribution in [2.45, 2.75) is 12.7 Å². The number of carbonyl (C=O) groups is 1. The van der Waals surface area contributed by atoms with E-state index in [4.69, 9.17) is 5.11 Å². The molecule has 0 bridgehead atoms. The maximum Gasteiger partial charge on any atom is 0.183 e. The van der Waals surface area contributed by atoms with E-state index in [0.717, 1.165) is 12.2 Å². The number of likely N-dealkylation sites (N-methyl/N-ethyl adjacent to an activating group) is 1. The lowest BCUT2D eigenvalue weighted by Gasteiger charge is -2.41. The Morgan fingerprint density at radius 1 is 1.60 bits per heavy atom. The first-order valence-electron chi connectivity index (χ1n) is 4.59. The summed E-state index contributed by atoms with van der Waals surface area (Å²) in [7, 11) is 1.53. The van der Waals surface area contributed by atoms with Gasteiger partial charge in [0.15, 0.2) is 5.78 Å². The zero-order chi connectivity index (χ0) is 11.6. The van der Waals surface area contributed by atoms with Gasteiger partial charge in [-0.2, -0.15) is 0 Å². The predicted octanol–water partition coefficient (Wildman–Crippen LogP) is -1.63. The second-order valence-corrected chi connectivity index (χ2v) is 3.56. The third-order valence-corrected chi connectivity index (χ3v) is 2.28. The van der Waals surface area contributed by atoms with Crippen LogP contribution < -0.4 is 5.11 Å². The Bertz CT molecular complexity index is 330. The Morgan fingerprint density at radius 3 is 2.73 bits per heavy atom. The van der Waals surface area contributed by atoms with E-state index in [-0.39, 0.29) is 30.2 Å². The molecule has 15 heavy (non-hydrogen) atoms. The SMILES string of the molecule is CC1=CC([O-])(O)C(N(C)CCO)=CC1=O. The van der Waals surface area contributed by atoms with Crippen molar-refractivity contribution < 1.29 is 20.1 Å². The van der Waals surface area contributed by atoms with Crippen molar-refractivity contribution in [1.82, 2.24) is 4.90 Å². The molecule has 0 fully saturated rings. The first-order chi connectivity index (χ1) is 6.88. The van der Waals surface area contributed by atoms with Gasteiger partial charge in [0.05, 0.1) is 12.4 Å². The molecule has 0 spiro atoms. The molecule has 0 aromatic carbocycles. The molecule has 1 rings (SSSR count). The average molecular weight is 212 g/mol.